The predicted octanol–water partition coefficient (Wildman–Crippen LogP) is 0.307. The lowest BCUT2D eigenvalue weighted by Crippen LogP contribution is -2.54. The zero-order valence-electron chi connectivity index (χ0n) is 9.85. The minimum absolute atomic E-state index is 0.213. The van der Waals surface area contributed by atoms with Crippen molar-refractivity contribution in [3.05, 3.63) is 29.3 Å². The molecule has 90 valence electrons. The molecule has 2 aliphatic rings. The molecule has 2 aliphatic heterocycles. The van der Waals surface area contributed by atoms with Crippen molar-refractivity contribution < 1.29 is 14.4 Å². The molecule has 0 saturated carbocycles. The molecule has 0 aromatic heterocycles. The van der Waals surface area contributed by atoms with Crippen LogP contribution in [0.3, 0.4) is 0 Å². The van der Waals surface area contributed by atoms with E-state index in [9.17, 15) is 5.02 Å². The van der Waals surface area contributed by atoms with Crippen molar-refractivity contribution in [1.29, 1.82) is 0 Å². The van der Waals surface area contributed by atoms with Crippen LogP contribution in [0, 0.1) is 6.92 Å². The highest BCUT2D eigenvalue weighted by Crippen LogP contribution is 2.30. The summed E-state index contributed by atoms with van der Waals surface area (Å²) in [7, 11) is -0.857. The summed E-state index contributed by atoms with van der Waals surface area (Å²) >= 11 is 0. The summed E-state index contributed by atoms with van der Waals surface area (Å²) in [6.07, 6.45) is 0.930. The van der Waals surface area contributed by atoms with Crippen molar-refractivity contribution in [2.45, 2.75) is 25.5 Å². The van der Waals surface area contributed by atoms with Crippen LogP contribution in [0.1, 0.15) is 11.1 Å². The summed E-state index contributed by atoms with van der Waals surface area (Å²) < 4.78 is 11.4. The molecule has 0 bridgehead atoms. The molecule has 17 heavy (non-hydrogen) atoms. The molecule has 1 saturated heterocycles. The Labute approximate surface area is 101 Å². The average Bonchev–Trinajstić information content (AvgIpc) is 2.25. The van der Waals surface area contributed by atoms with Crippen molar-refractivity contribution in [2.24, 2.45) is 0 Å². The van der Waals surface area contributed by atoms with Crippen molar-refractivity contribution in [3.63, 3.8) is 0 Å². The molecule has 1 aromatic carbocycles. The van der Waals surface area contributed by atoms with Crippen LogP contribution in [0.25, 0.3) is 0 Å². The second kappa shape index (κ2) is 4.33. The molecule has 3 rings (SSSR count). The predicted molar refractivity (Wildman–Crippen MR) is 65.0 cm³/mol. The van der Waals surface area contributed by atoms with Crippen LogP contribution >= 0.6 is 0 Å². The summed E-state index contributed by atoms with van der Waals surface area (Å²) in [5, 5.41) is 13.1. The number of fused-ring (bicyclic) bond motifs is 1. The van der Waals surface area contributed by atoms with Gasteiger partial charge in [0.1, 0.15) is 11.8 Å². The third kappa shape index (κ3) is 2.06. The molecule has 4 nitrogen and oxygen atoms in total. The van der Waals surface area contributed by atoms with E-state index in [1.807, 2.05) is 25.1 Å². The number of hydrogen-bond donors (Lipinski definition) is 2. The van der Waals surface area contributed by atoms with Crippen LogP contribution < -0.4 is 9.97 Å². The zero-order valence-corrected chi connectivity index (χ0v) is 9.85. The Balaban J connectivity index is 1.77. The zero-order chi connectivity index (χ0) is 11.8. The van der Waals surface area contributed by atoms with Gasteiger partial charge in [-0.15, -0.1) is 0 Å². The molecular formula is C12H16BNO3. The summed E-state index contributed by atoms with van der Waals surface area (Å²) in [4.78, 5) is 0. The van der Waals surface area contributed by atoms with Gasteiger partial charge in [-0.25, -0.2) is 0 Å². The maximum Gasteiger partial charge on any atom is 0.554 e. The highest BCUT2D eigenvalue weighted by Gasteiger charge is 2.38. The van der Waals surface area contributed by atoms with Crippen LogP contribution in [-0.4, -0.2) is 37.3 Å². The van der Waals surface area contributed by atoms with Gasteiger partial charge in [-0.3, -0.25) is 0 Å². The SMILES string of the molecule is Cc1cccc2c1OB(O)[C@@H](OC1CNC1)C2. The molecule has 0 radical (unpaired) electrons. The number of hydrogen-bond acceptors (Lipinski definition) is 4. The van der Waals surface area contributed by atoms with E-state index in [2.05, 4.69) is 5.32 Å². The quantitative estimate of drug-likeness (QED) is 0.721. The van der Waals surface area contributed by atoms with Gasteiger partial charge < -0.3 is 19.7 Å². The third-order valence-electron chi connectivity index (χ3n) is 3.38. The standard InChI is InChI=1S/C12H16BNO3/c1-8-3-2-4-9-5-11(13(15)17-12(8)9)16-10-6-14-7-10/h2-4,10-11,14-15H,5-7H2,1H3/t11-/m0/s1. The maximum atomic E-state index is 9.94. The van der Waals surface area contributed by atoms with E-state index in [1.165, 1.54) is 0 Å². The Morgan fingerprint density at radius 1 is 1.47 bits per heavy atom. The fourth-order valence-electron chi connectivity index (χ4n) is 2.28. The number of nitrogens with one attached hydrogen (secondary N) is 1. The van der Waals surface area contributed by atoms with Gasteiger partial charge >= 0.3 is 7.12 Å². The summed E-state index contributed by atoms with van der Waals surface area (Å²) in [5.41, 5.74) is 2.18. The van der Waals surface area contributed by atoms with Crippen molar-refractivity contribution in [3.8, 4) is 5.75 Å². The van der Waals surface area contributed by atoms with Gasteiger partial charge in [-0.05, 0) is 18.1 Å². The van der Waals surface area contributed by atoms with E-state index >= 15 is 0 Å². The van der Waals surface area contributed by atoms with Gasteiger partial charge in [-0.2, -0.15) is 0 Å². The lowest BCUT2D eigenvalue weighted by atomic mass is 9.74. The third-order valence-corrected chi connectivity index (χ3v) is 3.38. The molecule has 1 aromatic rings. The molecule has 2 N–H and O–H groups in total. The van der Waals surface area contributed by atoms with Gasteiger partial charge in [0.05, 0.1) is 6.10 Å². The fraction of sp³-hybridized carbons (Fsp3) is 0.500. The van der Waals surface area contributed by atoms with Gasteiger partial charge in [0.25, 0.3) is 0 Å². The lowest BCUT2D eigenvalue weighted by Gasteiger charge is -2.35. The van der Waals surface area contributed by atoms with Gasteiger partial charge in [-0.1, -0.05) is 18.2 Å². The van der Waals surface area contributed by atoms with Crippen LogP contribution in [0.2, 0.25) is 0 Å². The molecule has 2 heterocycles. The monoisotopic (exact) mass is 233 g/mol. The first kappa shape index (κ1) is 11.1. The van der Waals surface area contributed by atoms with Gasteiger partial charge in [0.15, 0.2) is 0 Å². The highest BCUT2D eigenvalue weighted by atomic mass is 16.6. The Morgan fingerprint density at radius 3 is 3.00 bits per heavy atom. The average molecular weight is 233 g/mol. The number of rotatable bonds is 2. The van der Waals surface area contributed by atoms with Crippen molar-refractivity contribution in [2.75, 3.05) is 13.1 Å². The molecule has 1 fully saturated rings. The summed E-state index contributed by atoms with van der Waals surface area (Å²) in [6.45, 7) is 3.72. The highest BCUT2D eigenvalue weighted by molar-refractivity contribution is 6.46. The second-order valence-electron chi connectivity index (χ2n) is 4.73. The van der Waals surface area contributed by atoms with Crippen LogP contribution in [0.4, 0.5) is 0 Å². The Hall–Kier alpha value is -1.04. The topological polar surface area (TPSA) is 50.7 Å². The number of ether oxygens (including phenoxy) is 1. The van der Waals surface area contributed by atoms with E-state index in [0.717, 1.165) is 30.0 Å². The summed E-state index contributed by atoms with van der Waals surface area (Å²) in [6, 6.07) is 5.78. The Bertz CT molecular complexity index is 422. The Kier molecular flexibility index (Phi) is 2.82. The van der Waals surface area contributed by atoms with Crippen LogP contribution in [0.5, 0.6) is 5.75 Å². The second-order valence-corrected chi connectivity index (χ2v) is 4.73. The van der Waals surface area contributed by atoms with Crippen molar-refractivity contribution in [1.82, 2.24) is 5.32 Å². The molecule has 0 spiro atoms. The molecular weight excluding hydrogens is 217 g/mol. The van der Waals surface area contributed by atoms with E-state index in [1.54, 1.807) is 0 Å². The molecule has 0 unspecified atom stereocenters. The molecule has 0 aliphatic carbocycles. The van der Waals surface area contributed by atoms with E-state index in [4.69, 9.17) is 9.39 Å². The van der Waals surface area contributed by atoms with E-state index in [-0.39, 0.29) is 12.1 Å². The first-order chi connectivity index (χ1) is 8.24. The minimum atomic E-state index is -0.857. The number of aryl methyl sites for hydroxylation is 1. The minimum Gasteiger partial charge on any atom is -0.534 e. The van der Waals surface area contributed by atoms with Gasteiger partial charge in [0, 0.05) is 19.5 Å². The smallest absolute Gasteiger partial charge is 0.534 e. The largest absolute Gasteiger partial charge is 0.554 e. The first-order valence-electron chi connectivity index (χ1n) is 6.03. The number of benzene rings is 1. The maximum absolute atomic E-state index is 9.94. The molecule has 5 heteroatoms. The normalized spacial score (nSPS) is 23.9. The van der Waals surface area contributed by atoms with E-state index in [0.29, 0.717) is 6.42 Å². The summed E-state index contributed by atoms with van der Waals surface area (Å²) in [5.74, 6) is 0.812. The lowest BCUT2D eigenvalue weighted by molar-refractivity contribution is -0.0168. The van der Waals surface area contributed by atoms with Crippen LogP contribution in [-0.2, 0) is 11.2 Å². The molecule has 0 amide bonds. The molecule has 1 atom stereocenters. The van der Waals surface area contributed by atoms with Crippen molar-refractivity contribution >= 4 is 7.12 Å². The van der Waals surface area contributed by atoms with Crippen LogP contribution in [0.15, 0.2) is 18.2 Å². The number of para-hydroxylation sites is 1. The first-order valence-corrected chi connectivity index (χ1v) is 6.03. The van der Waals surface area contributed by atoms with E-state index < -0.39 is 7.12 Å². The Morgan fingerprint density at radius 2 is 2.29 bits per heavy atom. The fourth-order valence-corrected chi connectivity index (χ4v) is 2.28. The van der Waals surface area contributed by atoms with Gasteiger partial charge in [0.2, 0.25) is 0 Å².